The zero-order valence-electron chi connectivity index (χ0n) is 12.3. The van der Waals surface area contributed by atoms with Crippen LogP contribution in [0, 0.1) is 0 Å². The second kappa shape index (κ2) is 6.66. The zero-order valence-corrected chi connectivity index (χ0v) is 12.3. The van der Waals surface area contributed by atoms with Crippen molar-refractivity contribution in [1.82, 2.24) is 15.3 Å². The second-order valence-corrected chi connectivity index (χ2v) is 5.58. The average Bonchev–Trinajstić information content (AvgIpc) is 2.55. The monoisotopic (exact) mass is 297 g/mol. The molecule has 0 saturated heterocycles. The van der Waals surface area contributed by atoms with E-state index in [1.807, 2.05) is 24.3 Å². The third kappa shape index (κ3) is 3.49. The van der Waals surface area contributed by atoms with E-state index < -0.39 is 6.10 Å². The van der Waals surface area contributed by atoms with Gasteiger partial charge in [-0.25, -0.2) is 4.98 Å². The van der Waals surface area contributed by atoms with E-state index in [1.165, 1.54) is 6.08 Å². The van der Waals surface area contributed by atoms with Crippen molar-refractivity contribution in [3.05, 3.63) is 42.2 Å². The fourth-order valence-corrected chi connectivity index (χ4v) is 2.72. The molecule has 1 aromatic carbocycles. The van der Waals surface area contributed by atoms with Crippen LogP contribution in [-0.4, -0.2) is 33.1 Å². The number of carbonyl (C=O) groups is 1. The second-order valence-electron chi connectivity index (χ2n) is 5.58. The number of benzene rings is 1. The number of fused-ring (bicyclic) bond motifs is 1. The molecule has 0 aliphatic heterocycles. The van der Waals surface area contributed by atoms with Gasteiger partial charge in [-0.2, -0.15) is 0 Å². The smallest absolute Gasteiger partial charge is 0.244 e. The van der Waals surface area contributed by atoms with Crippen LogP contribution in [0.1, 0.15) is 31.4 Å². The molecule has 0 radical (unpaired) electrons. The van der Waals surface area contributed by atoms with E-state index in [9.17, 15) is 9.90 Å². The maximum Gasteiger partial charge on any atom is 0.244 e. The summed E-state index contributed by atoms with van der Waals surface area (Å²) in [6.45, 7) is 0. The number of para-hydroxylation sites is 2. The van der Waals surface area contributed by atoms with Gasteiger partial charge in [-0.3, -0.25) is 9.78 Å². The highest BCUT2D eigenvalue weighted by Crippen LogP contribution is 2.18. The predicted molar refractivity (Wildman–Crippen MR) is 85.0 cm³/mol. The molecule has 2 unspecified atom stereocenters. The maximum absolute atomic E-state index is 11.9. The number of nitrogens with zero attached hydrogens (tertiary/aromatic N) is 2. The van der Waals surface area contributed by atoms with Crippen molar-refractivity contribution in [2.24, 2.45) is 0 Å². The highest BCUT2D eigenvalue weighted by Gasteiger charge is 2.23. The first-order valence-electron chi connectivity index (χ1n) is 7.61. The topological polar surface area (TPSA) is 75.1 Å². The summed E-state index contributed by atoms with van der Waals surface area (Å²) in [6.07, 6.45) is 7.94. The van der Waals surface area contributed by atoms with Crippen LogP contribution in [0.3, 0.4) is 0 Å². The minimum absolute atomic E-state index is 0.145. The predicted octanol–water partition coefficient (Wildman–Crippen LogP) is 2.06. The van der Waals surface area contributed by atoms with Gasteiger partial charge in [0.05, 0.1) is 35.1 Å². The van der Waals surface area contributed by atoms with E-state index in [-0.39, 0.29) is 11.9 Å². The molecular formula is C17H19N3O2. The standard InChI is InChI=1S/C17H19N3O2/c21-16-8-4-3-7-15(16)20-17(22)10-9-12-11-18-13-5-1-2-6-14(13)19-12/h1-2,5-6,9-11,15-16,21H,3-4,7-8H2,(H,20,22)/b10-9+. The molecule has 1 aliphatic rings. The Kier molecular flexibility index (Phi) is 4.44. The Hall–Kier alpha value is -2.27. The molecule has 1 aromatic heterocycles. The summed E-state index contributed by atoms with van der Waals surface area (Å²) in [5.41, 5.74) is 2.26. The SMILES string of the molecule is O=C(/C=C/c1cnc2ccccc2n1)NC1CCCCC1O. The van der Waals surface area contributed by atoms with Crippen LogP contribution in [0.2, 0.25) is 0 Å². The third-order valence-corrected chi connectivity index (χ3v) is 3.93. The summed E-state index contributed by atoms with van der Waals surface area (Å²) in [6, 6.07) is 7.45. The van der Waals surface area contributed by atoms with Gasteiger partial charge in [0.2, 0.25) is 5.91 Å². The molecule has 1 heterocycles. The van der Waals surface area contributed by atoms with Crippen LogP contribution < -0.4 is 5.32 Å². The van der Waals surface area contributed by atoms with Gasteiger partial charge >= 0.3 is 0 Å². The van der Waals surface area contributed by atoms with Crippen LogP contribution in [0.25, 0.3) is 17.1 Å². The fourth-order valence-electron chi connectivity index (χ4n) is 2.72. The number of aliphatic hydroxyl groups is 1. The molecular weight excluding hydrogens is 278 g/mol. The van der Waals surface area contributed by atoms with E-state index >= 15 is 0 Å². The number of aromatic nitrogens is 2. The molecule has 5 nitrogen and oxygen atoms in total. The summed E-state index contributed by atoms with van der Waals surface area (Å²) in [5.74, 6) is -0.207. The third-order valence-electron chi connectivity index (χ3n) is 3.93. The normalized spacial score (nSPS) is 22.0. The number of nitrogens with one attached hydrogen (secondary N) is 1. The zero-order chi connectivity index (χ0) is 15.4. The lowest BCUT2D eigenvalue weighted by atomic mass is 9.92. The quantitative estimate of drug-likeness (QED) is 0.850. The first-order chi connectivity index (χ1) is 10.7. The first-order valence-corrected chi connectivity index (χ1v) is 7.61. The lowest BCUT2D eigenvalue weighted by Crippen LogP contribution is -2.44. The summed E-state index contributed by atoms with van der Waals surface area (Å²) < 4.78 is 0. The largest absolute Gasteiger partial charge is 0.391 e. The van der Waals surface area contributed by atoms with Gasteiger partial charge in [0.1, 0.15) is 0 Å². The molecule has 1 amide bonds. The Balaban J connectivity index is 1.65. The van der Waals surface area contributed by atoms with Crippen molar-refractivity contribution in [2.45, 2.75) is 37.8 Å². The molecule has 1 fully saturated rings. The number of rotatable bonds is 3. The first kappa shape index (κ1) is 14.7. The van der Waals surface area contributed by atoms with E-state index in [0.717, 1.165) is 36.7 Å². The Morgan fingerprint density at radius 2 is 2.00 bits per heavy atom. The highest BCUT2D eigenvalue weighted by molar-refractivity contribution is 5.91. The molecule has 5 heteroatoms. The van der Waals surface area contributed by atoms with Crippen molar-refractivity contribution in [2.75, 3.05) is 0 Å². The van der Waals surface area contributed by atoms with E-state index in [4.69, 9.17) is 0 Å². The number of aliphatic hydroxyl groups excluding tert-OH is 1. The van der Waals surface area contributed by atoms with Gasteiger partial charge in [-0.05, 0) is 31.1 Å². The molecule has 22 heavy (non-hydrogen) atoms. The Morgan fingerprint density at radius 3 is 2.82 bits per heavy atom. The molecule has 1 saturated carbocycles. The molecule has 0 bridgehead atoms. The average molecular weight is 297 g/mol. The van der Waals surface area contributed by atoms with Crippen molar-refractivity contribution in [3.63, 3.8) is 0 Å². The lowest BCUT2D eigenvalue weighted by molar-refractivity contribution is -0.118. The van der Waals surface area contributed by atoms with E-state index in [2.05, 4.69) is 15.3 Å². The van der Waals surface area contributed by atoms with Gasteiger partial charge in [-0.1, -0.05) is 25.0 Å². The Labute approximate surface area is 129 Å². The van der Waals surface area contributed by atoms with Gasteiger partial charge in [0.15, 0.2) is 0 Å². The molecule has 2 N–H and O–H groups in total. The van der Waals surface area contributed by atoms with Crippen LogP contribution >= 0.6 is 0 Å². The number of carbonyl (C=O) groups excluding carboxylic acids is 1. The summed E-state index contributed by atoms with van der Waals surface area (Å²) in [5, 5.41) is 12.7. The fraction of sp³-hybridized carbons (Fsp3) is 0.353. The summed E-state index contributed by atoms with van der Waals surface area (Å²) in [4.78, 5) is 20.7. The van der Waals surface area contributed by atoms with Crippen LogP contribution in [0.4, 0.5) is 0 Å². The summed E-state index contributed by atoms with van der Waals surface area (Å²) >= 11 is 0. The number of hydrogen-bond donors (Lipinski definition) is 2. The van der Waals surface area contributed by atoms with Crippen LogP contribution in [-0.2, 0) is 4.79 Å². The molecule has 2 atom stereocenters. The lowest BCUT2D eigenvalue weighted by Gasteiger charge is -2.27. The van der Waals surface area contributed by atoms with Gasteiger partial charge < -0.3 is 10.4 Å². The number of amides is 1. The molecule has 1 aliphatic carbocycles. The number of hydrogen-bond acceptors (Lipinski definition) is 4. The van der Waals surface area contributed by atoms with Crippen molar-refractivity contribution >= 4 is 23.0 Å². The minimum atomic E-state index is -0.438. The Bertz CT molecular complexity index is 699. The van der Waals surface area contributed by atoms with Crippen molar-refractivity contribution < 1.29 is 9.90 Å². The molecule has 2 aromatic rings. The van der Waals surface area contributed by atoms with Gasteiger partial charge in [0, 0.05) is 6.08 Å². The van der Waals surface area contributed by atoms with E-state index in [0.29, 0.717) is 5.69 Å². The Morgan fingerprint density at radius 1 is 1.23 bits per heavy atom. The van der Waals surface area contributed by atoms with Crippen LogP contribution in [0.15, 0.2) is 36.5 Å². The maximum atomic E-state index is 11.9. The van der Waals surface area contributed by atoms with Crippen LogP contribution in [0.5, 0.6) is 0 Å². The molecule has 3 rings (SSSR count). The van der Waals surface area contributed by atoms with Gasteiger partial charge in [0.25, 0.3) is 0 Å². The minimum Gasteiger partial charge on any atom is -0.391 e. The van der Waals surface area contributed by atoms with Gasteiger partial charge in [-0.15, -0.1) is 0 Å². The van der Waals surface area contributed by atoms with E-state index in [1.54, 1.807) is 12.3 Å². The highest BCUT2D eigenvalue weighted by atomic mass is 16.3. The summed E-state index contributed by atoms with van der Waals surface area (Å²) in [7, 11) is 0. The van der Waals surface area contributed by atoms with Crippen molar-refractivity contribution in [1.29, 1.82) is 0 Å². The molecule has 114 valence electrons. The molecule has 0 spiro atoms. The van der Waals surface area contributed by atoms with Crippen molar-refractivity contribution in [3.8, 4) is 0 Å².